The van der Waals surface area contributed by atoms with E-state index in [1.807, 2.05) is 31.2 Å². The van der Waals surface area contributed by atoms with Gasteiger partial charge in [-0.15, -0.1) is 0 Å². The second kappa shape index (κ2) is 6.78. The van der Waals surface area contributed by atoms with Crippen molar-refractivity contribution in [3.05, 3.63) is 30.2 Å². The maximum Gasteiger partial charge on any atom is 0.241 e. The fraction of sp³-hybridized carbons (Fsp3) is 0.438. The van der Waals surface area contributed by atoms with E-state index < -0.39 is 0 Å². The Hall–Kier alpha value is -2.41. The SMILES string of the molecule is CCOc1ccc(-c2noc(CN3CCC(C(N)=O)C3)n2)cc1. The Morgan fingerprint density at radius 2 is 2.22 bits per heavy atom. The summed E-state index contributed by atoms with van der Waals surface area (Å²) in [5.41, 5.74) is 6.21. The van der Waals surface area contributed by atoms with Gasteiger partial charge in [0.2, 0.25) is 17.6 Å². The second-order valence-corrected chi connectivity index (χ2v) is 5.59. The van der Waals surface area contributed by atoms with Crippen LogP contribution in [0.1, 0.15) is 19.2 Å². The van der Waals surface area contributed by atoms with Crippen LogP contribution in [0.4, 0.5) is 0 Å². The highest BCUT2D eigenvalue weighted by atomic mass is 16.5. The lowest BCUT2D eigenvalue weighted by molar-refractivity contribution is -0.121. The number of aromatic nitrogens is 2. The zero-order chi connectivity index (χ0) is 16.2. The molecule has 2 N–H and O–H groups in total. The first kappa shape index (κ1) is 15.5. The molecule has 3 rings (SSSR count). The molecule has 1 fully saturated rings. The maximum absolute atomic E-state index is 11.2. The smallest absolute Gasteiger partial charge is 0.241 e. The number of amides is 1. The highest BCUT2D eigenvalue weighted by Gasteiger charge is 2.27. The van der Waals surface area contributed by atoms with Crippen LogP contribution in [-0.4, -0.2) is 40.6 Å². The quantitative estimate of drug-likeness (QED) is 0.866. The lowest BCUT2D eigenvalue weighted by atomic mass is 10.1. The molecule has 2 aromatic rings. The first-order valence-electron chi connectivity index (χ1n) is 7.73. The van der Waals surface area contributed by atoms with Gasteiger partial charge in [-0.1, -0.05) is 5.16 Å². The Morgan fingerprint density at radius 3 is 2.87 bits per heavy atom. The molecule has 0 bridgehead atoms. The Kier molecular flexibility index (Phi) is 4.57. The van der Waals surface area contributed by atoms with Gasteiger partial charge in [0.05, 0.1) is 19.1 Å². The van der Waals surface area contributed by atoms with E-state index in [0.717, 1.165) is 24.3 Å². The van der Waals surface area contributed by atoms with Crippen molar-refractivity contribution in [3.63, 3.8) is 0 Å². The van der Waals surface area contributed by atoms with Gasteiger partial charge in [0.25, 0.3) is 0 Å². The molecule has 1 aromatic carbocycles. The van der Waals surface area contributed by atoms with Crippen molar-refractivity contribution in [2.75, 3.05) is 19.7 Å². The van der Waals surface area contributed by atoms with Crippen molar-refractivity contribution in [1.29, 1.82) is 0 Å². The predicted molar refractivity (Wildman–Crippen MR) is 83.5 cm³/mol. The Morgan fingerprint density at radius 1 is 1.43 bits per heavy atom. The minimum Gasteiger partial charge on any atom is -0.494 e. The number of rotatable bonds is 6. The van der Waals surface area contributed by atoms with Gasteiger partial charge >= 0.3 is 0 Å². The summed E-state index contributed by atoms with van der Waals surface area (Å²) >= 11 is 0. The van der Waals surface area contributed by atoms with Gasteiger partial charge in [-0.05, 0) is 44.2 Å². The zero-order valence-corrected chi connectivity index (χ0v) is 13.1. The molecule has 1 aliphatic heterocycles. The molecule has 7 heteroatoms. The van der Waals surface area contributed by atoms with Gasteiger partial charge in [0.1, 0.15) is 5.75 Å². The minimum atomic E-state index is -0.242. The highest BCUT2D eigenvalue weighted by Crippen LogP contribution is 2.22. The molecule has 1 aliphatic rings. The van der Waals surface area contributed by atoms with Crippen molar-refractivity contribution < 1.29 is 14.1 Å². The molecule has 1 saturated heterocycles. The molecule has 1 amide bonds. The summed E-state index contributed by atoms with van der Waals surface area (Å²) in [5, 5.41) is 4.01. The molecule has 1 unspecified atom stereocenters. The van der Waals surface area contributed by atoms with Crippen LogP contribution < -0.4 is 10.5 Å². The lowest BCUT2D eigenvalue weighted by Gasteiger charge is -2.11. The fourth-order valence-electron chi connectivity index (χ4n) is 2.70. The molecule has 0 radical (unpaired) electrons. The number of primary amides is 1. The number of nitrogens with two attached hydrogens (primary N) is 1. The topological polar surface area (TPSA) is 94.5 Å². The van der Waals surface area contributed by atoms with Crippen LogP contribution in [0, 0.1) is 5.92 Å². The summed E-state index contributed by atoms with van der Waals surface area (Å²) in [5.74, 6) is 1.58. The van der Waals surface area contributed by atoms with Crippen LogP contribution in [0.3, 0.4) is 0 Å². The molecule has 23 heavy (non-hydrogen) atoms. The summed E-state index contributed by atoms with van der Waals surface area (Å²) in [6.07, 6.45) is 0.787. The zero-order valence-electron chi connectivity index (χ0n) is 13.1. The van der Waals surface area contributed by atoms with E-state index in [2.05, 4.69) is 15.0 Å². The van der Waals surface area contributed by atoms with Crippen molar-refractivity contribution in [1.82, 2.24) is 15.0 Å². The number of benzene rings is 1. The molecule has 1 aromatic heterocycles. The molecule has 0 spiro atoms. The minimum absolute atomic E-state index is 0.0801. The molecule has 0 saturated carbocycles. The Bertz CT molecular complexity index is 668. The van der Waals surface area contributed by atoms with Crippen molar-refractivity contribution in [2.24, 2.45) is 11.7 Å². The van der Waals surface area contributed by atoms with Crippen LogP contribution in [0.5, 0.6) is 5.75 Å². The molecule has 0 aliphatic carbocycles. The number of ether oxygens (including phenoxy) is 1. The second-order valence-electron chi connectivity index (χ2n) is 5.59. The summed E-state index contributed by atoms with van der Waals surface area (Å²) in [6, 6.07) is 7.57. The van der Waals surface area contributed by atoms with Crippen LogP contribution in [0.2, 0.25) is 0 Å². The average molecular weight is 316 g/mol. The van der Waals surface area contributed by atoms with Gasteiger partial charge in [0.15, 0.2) is 0 Å². The van der Waals surface area contributed by atoms with E-state index in [9.17, 15) is 4.79 Å². The summed E-state index contributed by atoms with van der Waals surface area (Å²) in [6.45, 7) is 4.58. The molecule has 7 nitrogen and oxygen atoms in total. The number of nitrogens with zero attached hydrogens (tertiary/aromatic N) is 3. The van der Waals surface area contributed by atoms with E-state index in [1.54, 1.807) is 0 Å². The number of carbonyl (C=O) groups excluding carboxylic acids is 1. The molecular weight excluding hydrogens is 296 g/mol. The molecule has 2 heterocycles. The fourth-order valence-corrected chi connectivity index (χ4v) is 2.70. The third-order valence-corrected chi connectivity index (χ3v) is 3.93. The van der Waals surface area contributed by atoms with Gasteiger partial charge in [0, 0.05) is 12.1 Å². The number of likely N-dealkylation sites (tertiary alicyclic amines) is 1. The van der Waals surface area contributed by atoms with Gasteiger partial charge < -0.3 is 15.0 Å². The Balaban J connectivity index is 1.63. The monoisotopic (exact) mass is 316 g/mol. The lowest BCUT2D eigenvalue weighted by Crippen LogP contribution is -2.27. The normalized spacial score (nSPS) is 18.2. The average Bonchev–Trinajstić information content (AvgIpc) is 3.18. The summed E-state index contributed by atoms with van der Waals surface area (Å²) < 4.78 is 10.7. The molecule has 1 atom stereocenters. The van der Waals surface area contributed by atoms with Crippen molar-refractivity contribution in [3.8, 4) is 17.1 Å². The standard InChI is InChI=1S/C16H20N4O3/c1-2-22-13-5-3-11(4-6-13)16-18-14(23-19-16)10-20-8-7-12(9-20)15(17)21/h3-6,12H,2,7-10H2,1H3,(H2,17,21). The highest BCUT2D eigenvalue weighted by molar-refractivity contribution is 5.77. The van der Waals surface area contributed by atoms with E-state index >= 15 is 0 Å². The first-order valence-corrected chi connectivity index (χ1v) is 7.73. The first-order chi connectivity index (χ1) is 11.2. The van der Waals surface area contributed by atoms with Gasteiger partial charge in [-0.25, -0.2) is 0 Å². The number of hydrogen-bond acceptors (Lipinski definition) is 6. The summed E-state index contributed by atoms with van der Waals surface area (Å²) in [7, 11) is 0. The van der Waals surface area contributed by atoms with Crippen LogP contribution in [0.15, 0.2) is 28.8 Å². The van der Waals surface area contributed by atoms with E-state index in [-0.39, 0.29) is 11.8 Å². The molecule has 122 valence electrons. The largest absolute Gasteiger partial charge is 0.494 e. The van der Waals surface area contributed by atoms with Crippen LogP contribution in [0.25, 0.3) is 11.4 Å². The molecular formula is C16H20N4O3. The van der Waals surface area contributed by atoms with Crippen LogP contribution >= 0.6 is 0 Å². The summed E-state index contributed by atoms with van der Waals surface area (Å²) in [4.78, 5) is 17.7. The Labute approximate surface area is 134 Å². The van der Waals surface area contributed by atoms with E-state index in [1.165, 1.54) is 0 Å². The van der Waals surface area contributed by atoms with Gasteiger partial charge in [-0.2, -0.15) is 4.98 Å². The van der Waals surface area contributed by atoms with E-state index in [4.69, 9.17) is 15.0 Å². The third kappa shape index (κ3) is 3.68. The van der Waals surface area contributed by atoms with Gasteiger partial charge in [-0.3, -0.25) is 9.69 Å². The predicted octanol–water partition coefficient (Wildman–Crippen LogP) is 1.44. The van der Waals surface area contributed by atoms with Crippen molar-refractivity contribution in [2.45, 2.75) is 19.9 Å². The van der Waals surface area contributed by atoms with Crippen molar-refractivity contribution >= 4 is 5.91 Å². The number of hydrogen-bond donors (Lipinski definition) is 1. The van der Waals surface area contributed by atoms with Crippen LogP contribution in [-0.2, 0) is 11.3 Å². The third-order valence-electron chi connectivity index (χ3n) is 3.93. The number of carbonyl (C=O) groups is 1. The van der Waals surface area contributed by atoms with E-state index in [0.29, 0.717) is 31.4 Å². The maximum atomic E-state index is 11.2.